The third-order valence-electron chi connectivity index (χ3n) is 5.78. The van der Waals surface area contributed by atoms with Gasteiger partial charge in [0.15, 0.2) is 11.0 Å². The van der Waals surface area contributed by atoms with E-state index < -0.39 is 0 Å². The van der Waals surface area contributed by atoms with Gasteiger partial charge in [0.25, 0.3) is 0 Å². The fourth-order valence-corrected chi connectivity index (χ4v) is 4.88. The van der Waals surface area contributed by atoms with Crippen LogP contribution in [-0.4, -0.2) is 26.9 Å². The van der Waals surface area contributed by atoms with Gasteiger partial charge in [-0.15, -0.1) is 10.2 Å². The number of aryl methyl sites for hydroxylation is 2. The first-order valence-electron chi connectivity index (χ1n) is 11.5. The number of thioether (sulfide) groups is 1. The van der Waals surface area contributed by atoms with E-state index in [2.05, 4.69) is 39.0 Å². The first kappa shape index (κ1) is 22.9. The van der Waals surface area contributed by atoms with Crippen molar-refractivity contribution < 1.29 is 9.15 Å². The Hall–Kier alpha value is -3.84. The molecule has 5 rings (SSSR count). The maximum Gasteiger partial charge on any atom is 0.226 e. The van der Waals surface area contributed by atoms with E-state index in [9.17, 15) is 0 Å². The third-order valence-corrected chi connectivity index (χ3v) is 6.76. The Balaban J connectivity index is 1.42. The summed E-state index contributed by atoms with van der Waals surface area (Å²) < 4.78 is 13.7. The van der Waals surface area contributed by atoms with Gasteiger partial charge in [0.2, 0.25) is 5.89 Å². The standard InChI is InChI=1S/C28H26N4O2S/c1-20-24(29-27(34-20)22-13-7-4-8-14-22)19-35-28-31-30-26(23-15-9-10-16-25(23)33-2)32(28)18-17-21-11-5-3-6-12-21/h3-16H,17-19H2,1-2H3. The molecule has 0 N–H and O–H groups in total. The first-order valence-corrected chi connectivity index (χ1v) is 12.5. The summed E-state index contributed by atoms with van der Waals surface area (Å²) in [5.74, 6) is 3.66. The van der Waals surface area contributed by atoms with Crippen LogP contribution in [0.2, 0.25) is 0 Å². The van der Waals surface area contributed by atoms with E-state index in [0.717, 1.165) is 52.3 Å². The van der Waals surface area contributed by atoms with E-state index in [1.165, 1.54) is 5.56 Å². The Bertz CT molecular complexity index is 1400. The maximum absolute atomic E-state index is 5.95. The minimum Gasteiger partial charge on any atom is -0.496 e. The monoisotopic (exact) mass is 482 g/mol. The fraction of sp³-hybridized carbons (Fsp3) is 0.179. The second kappa shape index (κ2) is 10.6. The average molecular weight is 483 g/mol. The molecule has 0 aliphatic heterocycles. The van der Waals surface area contributed by atoms with Crippen molar-refractivity contribution in [3.8, 4) is 28.6 Å². The van der Waals surface area contributed by atoms with E-state index in [1.54, 1.807) is 18.9 Å². The van der Waals surface area contributed by atoms with Gasteiger partial charge in [-0.1, -0.05) is 72.4 Å². The molecular formula is C28H26N4O2S. The number of rotatable bonds is 9. The molecule has 35 heavy (non-hydrogen) atoms. The Labute approximate surface area is 209 Å². The van der Waals surface area contributed by atoms with Crippen LogP contribution in [0.1, 0.15) is 17.0 Å². The Kier molecular flexibility index (Phi) is 6.95. The summed E-state index contributed by atoms with van der Waals surface area (Å²) in [5, 5.41) is 9.95. The highest BCUT2D eigenvalue weighted by molar-refractivity contribution is 7.98. The minimum atomic E-state index is 0.636. The summed E-state index contributed by atoms with van der Waals surface area (Å²) in [6, 6.07) is 28.3. The molecule has 3 aromatic carbocycles. The predicted octanol–water partition coefficient (Wildman–Crippen LogP) is 6.45. The van der Waals surface area contributed by atoms with Crippen molar-refractivity contribution in [1.82, 2.24) is 19.7 Å². The van der Waals surface area contributed by atoms with Gasteiger partial charge in [0.05, 0.1) is 18.4 Å². The molecule has 0 amide bonds. The van der Waals surface area contributed by atoms with Crippen molar-refractivity contribution in [3.05, 3.63) is 102 Å². The van der Waals surface area contributed by atoms with Crippen molar-refractivity contribution >= 4 is 11.8 Å². The van der Waals surface area contributed by atoms with E-state index >= 15 is 0 Å². The Morgan fingerprint density at radius 3 is 2.37 bits per heavy atom. The Morgan fingerprint density at radius 2 is 1.60 bits per heavy atom. The molecule has 0 bridgehead atoms. The lowest BCUT2D eigenvalue weighted by molar-refractivity contribution is 0.415. The Morgan fingerprint density at radius 1 is 0.886 bits per heavy atom. The number of methoxy groups -OCH3 is 1. The van der Waals surface area contributed by atoms with Crippen LogP contribution in [0.25, 0.3) is 22.8 Å². The van der Waals surface area contributed by atoms with Gasteiger partial charge >= 0.3 is 0 Å². The number of benzene rings is 3. The summed E-state index contributed by atoms with van der Waals surface area (Å²) in [6.07, 6.45) is 0.871. The number of hydrogen-bond acceptors (Lipinski definition) is 6. The van der Waals surface area contributed by atoms with Crippen LogP contribution in [-0.2, 0) is 18.7 Å². The number of aromatic nitrogens is 4. The highest BCUT2D eigenvalue weighted by Crippen LogP contribution is 2.33. The van der Waals surface area contributed by atoms with Crippen LogP contribution in [0.15, 0.2) is 94.5 Å². The summed E-state index contributed by atoms with van der Waals surface area (Å²) in [6.45, 7) is 2.70. The smallest absolute Gasteiger partial charge is 0.226 e. The van der Waals surface area contributed by atoms with Gasteiger partial charge in [-0.2, -0.15) is 0 Å². The molecule has 0 radical (unpaired) electrons. The van der Waals surface area contributed by atoms with Crippen LogP contribution < -0.4 is 4.74 Å². The SMILES string of the molecule is COc1ccccc1-c1nnc(SCc2nc(-c3ccccc3)oc2C)n1CCc1ccccc1. The molecule has 7 heteroatoms. The molecule has 176 valence electrons. The molecule has 5 aromatic rings. The van der Waals surface area contributed by atoms with E-state index in [4.69, 9.17) is 14.1 Å². The van der Waals surface area contributed by atoms with Gasteiger partial charge in [-0.3, -0.25) is 0 Å². The summed E-state index contributed by atoms with van der Waals surface area (Å²) in [4.78, 5) is 4.75. The maximum atomic E-state index is 5.95. The molecule has 0 fully saturated rings. The van der Waals surface area contributed by atoms with Gasteiger partial charge in [0.1, 0.15) is 11.5 Å². The zero-order chi connectivity index (χ0) is 24.0. The number of hydrogen-bond donors (Lipinski definition) is 0. The largest absolute Gasteiger partial charge is 0.496 e. The van der Waals surface area contributed by atoms with Crippen molar-refractivity contribution in [2.75, 3.05) is 7.11 Å². The molecule has 0 atom stereocenters. The molecule has 0 saturated carbocycles. The topological polar surface area (TPSA) is 66.0 Å². The van der Waals surface area contributed by atoms with Crippen LogP contribution >= 0.6 is 11.8 Å². The number of oxazole rings is 1. The quantitative estimate of drug-likeness (QED) is 0.225. The predicted molar refractivity (Wildman–Crippen MR) is 138 cm³/mol. The second-order valence-corrected chi connectivity index (χ2v) is 9.01. The third kappa shape index (κ3) is 5.15. The molecule has 6 nitrogen and oxygen atoms in total. The van der Waals surface area contributed by atoms with Crippen molar-refractivity contribution in [1.29, 1.82) is 0 Å². The lowest BCUT2D eigenvalue weighted by Crippen LogP contribution is -2.06. The van der Waals surface area contributed by atoms with Crippen LogP contribution in [0.5, 0.6) is 5.75 Å². The molecule has 0 aliphatic carbocycles. The summed E-state index contributed by atoms with van der Waals surface area (Å²) >= 11 is 1.61. The van der Waals surface area contributed by atoms with Gasteiger partial charge in [-0.05, 0) is 43.2 Å². The van der Waals surface area contributed by atoms with Crippen molar-refractivity contribution in [3.63, 3.8) is 0 Å². The number of para-hydroxylation sites is 1. The van der Waals surface area contributed by atoms with Crippen molar-refractivity contribution in [2.45, 2.75) is 30.8 Å². The number of nitrogens with zero attached hydrogens (tertiary/aromatic N) is 4. The van der Waals surface area contributed by atoms with Gasteiger partial charge < -0.3 is 13.7 Å². The second-order valence-electron chi connectivity index (χ2n) is 8.07. The van der Waals surface area contributed by atoms with Crippen LogP contribution in [0, 0.1) is 6.92 Å². The molecule has 0 aliphatic rings. The normalized spacial score (nSPS) is 11.0. The zero-order valence-electron chi connectivity index (χ0n) is 19.7. The average Bonchev–Trinajstić information content (AvgIpc) is 3.50. The molecule has 0 spiro atoms. The zero-order valence-corrected chi connectivity index (χ0v) is 20.5. The summed E-state index contributed by atoms with van der Waals surface area (Å²) in [5.41, 5.74) is 4.07. The van der Waals surface area contributed by atoms with E-state index in [-0.39, 0.29) is 0 Å². The lowest BCUT2D eigenvalue weighted by atomic mass is 10.1. The molecule has 2 aromatic heterocycles. The molecule has 0 unspecified atom stereocenters. The summed E-state index contributed by atoms with van der Waals surface area (Å²) in [7, 11) is 1.68. The molecule has 2 heterocycles. The van der Waals surface area contributed by atoms with E-state index in [0.29, 0.717) is 11.6 Å². The molecule has 0 saturated heterocycles. The van der Waals surface area contributed by atoms with Crippen LogP contribution in [0.4, 0.5) is 0 Å². The highest BCUT2D eigenvalue weighted by Gasteiger charge is 2.19. The minimum absolute atomic E-state index is 0.636. The highest BCUT2D eigenvalue weighted by atomic mass is 32.2. The lowest BCUT2D eigenvalue weighted by Gasteiger charge is -2.12. The van der Waals surface area contributed by atoms with Crippen molar-refractivity contribution in [2.24, 2.45) is 0 Å². The van der Waals surface area contributed by atoms with E-state index in [1.807, 2.05) is 67.6 Å². The first-order chi connectivity index (χ1) is 17.2. The molecular weight excluding hydrogens is 456 g/mol. The van der Waals surface area contributed by atoms with Crippen LogP contribution in [0.3, 0.4) is 0 Å². The fourth-order valence-electron chi connectivity index (χ4n) is 3.91. The van der Waals surface area contributed by atoms with Gasteiger partial charge in [0, 0.05) is 17.9 Å². The number of ether oxygens (including phenoxy) is 1. The van der Waals surface area contributed by atoms with Gasteiger partial charge in [-0.25, -0.2) is 4.98 Å².